The van der Waals surface area contributed by atoms with Crippen LogP contribution in [0.25, 0.3) is 11.4 Å². The van der Waals surface area contributed by atoms with Crippen LogP contribution in [-0.2, 0) is 11.3 Å². The Morgan fingerprint density at radius 3 is 2.59 bits per heavy atom. The molecular formula is C20H24N4O5. The Bertz CT molecular complexity index is 917. The minimum absolute atomic E-state index is 0.0577. The quantitative estimate of drug-likeness (QED) is 0.769. The molecular weight excluding hydrogens is 376 g/mol. The summed E-state index contributed by atoms with van der Waals surface area (Å²) in [7, 11) is 3.11. The van der Waals surface area contributed by atoms with Gasteiger partial charge in [0.25, 0.3) is 5.91 Å². The van der Waals surface area contributed by atoms with Crippen molar-refractivity contribution in [3.63, 3.8) is 0 Å². The highest BCUT2D eigenvalue weighted by Crippen LogP contribution is 2.34. The summed E-state index contributed by atoms with van der Waals surface area (Å²) in [6, 6.07) is 4.85. The van der Waals surface area contributed by atoms with Crippen LogP contribution in [0.15, 0.2) is 22.7 Å². The van der Waals surface area contributed by atoms with Crippen molar-refractivity contribution in [3.8, 4) is 22.9 Å². The van der Waals surface area contributed by atoms with Crippen molar-refractivity contribution in [1.82, 2.24) is 20.4 Å². The van der Waals surface area contributed by atoms with Crippen LogP contribution in [0, 0.1) is 0 Å². The van der Waals surface area contributed by atoms with Crippen LogP contribution in [0.4, 0.5) is 4.79 Å². The Balaban J connectivity index is 1.54. The second-order valence-electron chi connectivity index (χ2n) is 7.40. The molecule has 2 heterocycles. The molecule has 1 saturated heterocycles. The number of ether oxygens (including phenoxy) is 2. The second-order valence-corrected chi connectivity index (χ2v) is 7.40. The average molecular weight is 400 g/mol. The number of amides is 3. The summed E-state index contributed by atoms with van der Waals surface area (Å²) >= 11 is 0. The number of methoxy groups -OCH3 is 2. The molecule has 4 rings (SSSR count). The smallest absolute Gasteiger partial charge is 0.325 e. The van der Waals surface area contributed by atoms with Crippen LogP contribution in [0.3, 0.4) is 0 Å². The number of urea groups is 1. The minimum atomic E-state index is -0.782. The molecule has 0 unspecified atom stereocenters. The van der Waals surface area contributed by atoms with Gasteiger partial charge in [0.1, 0.15) is 23.6 Å². The molecule has 0 bridgehead atoms. The van der Waals surface area contributed by atoms with Crippen molar-refractivity contribution in [2.45, 2.75) is 50.6 Å². The van der Waals surface area contributed by atoms with E-state index in [0.29, 0.717) is 35.7 Å². The molecule has 29 heavy (non-hydrogen) atoms. The molecule has 1 aromatic carbocycles. The van der Waals surface area contributed by atoms with Gasteiger partial charge in [-0.15, -0.1) is 0 Å². The maximum Gasteiger partial charge on any atom is 0.325 e. The first-order valence-electron chi connectivity index (χ1n) is 9.75. The van der Waals surface area contributed by atoms with E-state index >= 15 is 0 Å². The van der Waals surface area contributed by atoms with Crippen LogP contribution in [0.5, 0.6) is 11.5 Å². The van der Waals surface area contributed by atoms with E-state index in [9.17, 15) is 9.59 Å². The van der Waals surface area contributed by atoms with Crippen LogP contribution < -0.4 is 14.8 Å². The first kappa shape index (κ1) is 19.2. The van der Waals surface area contributed by atoms with Gasteiger partial charge in [0.2, 0.25) is 11.7 Å². The fraction of sp³-hybridized carbons (Fsp3) is 0.500. The van der Waals surface area contributed by atoms with Crippen molar-refractivity contribution in [2.75, 3.05) is 14.2 Å². The molecule has 1 aliphatic carbocycles. The number of benzene rings is 1. The normalized spacial score (nSPS) is 18.6. The molecule has 1 aromatic heterocycles. The van der Waals surface area contributed by atoms with E-state index < -0.39 is 11.6 Å². The molecule has 0 radical (unpaired) electrons. The Hall–Kier alpha value is -3.10. The highest BCUT2D eigenvalue weighted by molar-refractivity contribution is 6.06. The van der Waals surface area contributed by atoms with Crippen molar-refractivity contribution < 1.29 is 23.6 Å². The third-order valence-electron chi connectivity index (χ3n) is 5.61. The first-order valence-corrected chi connectivity index (χ1v) is 9.75. The summed E-state index contributed by atoms with van der Waals surface area (Å²) in [4.78, 5) is 31.0. The van der Waals surface area contributed by atoms with Crippen molar-refractivity contribution in [1.29, 1.82) is 0 Å². The number of hydrogen-bond acceptors (Lipinski definition) is 7. The summed E-state index contributed by atoms with van der Waals surface area (Å²) in [5.74, 6) is 1.47. The van der Waals surface area contributed by atoms with Gasteiger partial charge in [-0.25, -0.2) is 4.79 Å². The zero-order chi connectivity index (χ0) is 20.4. The topological polar surface area (TPSA) is 107 Å². The molecule has 154 valence electrons. The number of rotatable bonds is 5. The lowest BCUT2D eigenvalue weighted by atomic mass is 9.90. The number of nitrogens with one attached hydrogen (secondary N) is 1. The molecule has 2 aromatic rings. The van der Waals surface area contributed by atoms with Crippen LogP contribution in [0.2, 0.25) is 0 Å². The molecule has 1 spiro atoms. The van der Waals surface area contributed by atoms with E-state index in [2.05, 4.69) is 15.5 Å². The SMILES string of the molecule is COc1ccc(-c2noc(CN3C(=O)NC4(CCCCCC4)C3=O)n2)c(OC)c1. The molecule has 9 nitrogen and oxygen atoms in total. The lowest BCUT2D eigenvalue weighted by Gasteiger charge is -2.24. The highest BCUT2D eigenvalue weighted by Gasteiger charge is 2.51. The van der Waals surface area contributed by atoms with Gasteiger partial charge < -0.3 is 19.3 Å². The van der Waals surface area contributed by atoms with E-state index in [1.807, 2.05) is 0 Å². The predicted molar refractivity (Wildman–Crippen MR) is 102 cm³/mol. The third-order valence-corrected chi connectivity index (χ3v) is 5.61. The molecule has 2 fully saturated rings. The van der Waals surface area contributed by atoms with Gasteiger partial charge in [-0.2, -0.15) is 4.98 Å². The van der Waals surface area contributed by atoms with Gasteiger partial charge in [-0.05, 0) is 25.0 Å². The van der Waals surface area contributed by atoms with E-state index in [0.717, 1.165) is 25.7 Å². The monoisotopic (exact) mass is 400 g/mol. The summed E-state index contributed by atoms with van der Waals surface area (Å²) in [5.41, 5.74) is -0.156. The zero-order valence-corrected chi connectivity index (χ0v) is 16.6. The number of carbonyl (C=O) groups excluding carboxylic acids is 2. The van der Waals surface area contributed by atoms with E-state index in [1.165, 1.54) is 4.90 Å². The van der Waals surface area contributed by atoms with Gasteiger partial charge in [-0.1, -0.05) is 30.8 Å². The van der Waals surface area contributed by atoms with E-state index in [4.69, 9.17) is 14.0 Å². The van der Waals surface area contributed by atoms with Gasteiger partial charge in [0.15, 0.2) is 0 Å². The van der Waals surface area contributed by atoms with Crippen LogP contribution in [0.1, 0.15) is 44.4 Å². The fourth-order valence-electron chi connectivity index (χ4n) is 4.04. The molecule has 0 atom stereocenters. The van der Waals surface area contributed by atoms with Crippen molar-refractivity contribution in [2.24, 2.45) is 0 Å². The number of hydrogen-bond donors (Lipinski definition) is 1. The fourth-order valence-corrected chi connectivity index (χ4v) is 4.04. The number of nitrogens with zero attached hydrogens (tertiary/aromatic N) is 3. The summed E-state index contributed by atoms with van der Waals surface area (Å²) in [6.45, 7) is -0.0577. The maximum absolute atomic E-state index is 13.0. The van der Waals surface area contributed by atoms with Crippen LogP contribution in [-0.4, -0.2) is 46.7 Å². The van der Waals surface area contributed by atoms with Gasteiger partial charge >= 0.3 is 6.03 Å². The number of imide groups is 1. The minimum Gasteiger partial charge on any atom is -0.497 e. The largest absolute Gasteiger partial charge is 0.497 e. The Labute approximate surface area is 168 Å². The molecule has 2 aliphatic rings. The Kier molecular flexibility index (Phi) is 5.12. The molecule has 9 heteroatoms. The average Bonchev–Trinajstić information content (AvgIpc) is 3.18. The van der Waals surface area contributed by atoms with Gasteiger partial charge in [0.05, 0.1) is 19.8 Å². The van der Waals surface area contributed by atoms with Gasteiger partial charge in [0, 0.05) is 6.07 Å². The Morgan fingerprint density at radius 2 is 1.90 bits per heavy atom. The summed E-state index contributed by atoms with van der Waals surface area (Å²) in [6.07, 6.45) is 5.38. The highest BCUT2D eigenvalue weighted by atomic mass is 16.5. The lowest BCUT2D eigenvalue weighted by Crippen LogP contribution is -2.46. The maximum atomic E-state index is 13.0. The zero-order valence-electron chi connectivity index (χ0n) is 16.6. The van der Waals surface area contributed by atoms with Gasteiger partial charge in [-0.3, -0.25) is 9.69 Å². The number of carbonyl (C=O) groups is 2. The molecule has 1 aliphatic heterocycles. The standard InChI is InChI=1S/C20H24N4O5/c1-27-13-7-8-14(15(11-13)28-2)17-21-16(29-23-17)12-24-18(25)20(22-19(24)26)9-5-3-4-6-10-20/h7-8,11H,3-6,9-10,12H2,1-2H3,(H,22,26). The molecule has 1 N–H and O–H groups in total. The predicted octanol–water partition coefficient (Wildman–Crippen LogP) is 2.90. The first-order chi connectivity index (χ1) is 14.1. The number of aromatic nitrogens is 2. The van der Waals surface area contributed by atoms with Crippen molar-refractivity contribution in [3.05, 3.63) is 24.1 Å². The summed E-state index contributed by atoms with van der Waals surface area (Å²) < 4.78 is 15.9. The lowest BCUT2D eigenvalue weighted by molar-refractivity contribution is -0.132. The summed E-state index contributed by atoms with van der Waals surface area (Å²) in [5, 5.41) is 6.90. The second kappa shape index (κ2) is 7.73. The molecule has 3 amide bonds. The van der Waals surface area contributed by atoms with E-state index in [-0.39, 0.29) is 18.3 Å². The molecule has 1 saturated carbocycles. The Morgan fingerprint density at radius 1 is 1.14 bits per heavy atom. The van der Waals surface area contributed by atoms with Crippen LogP contribution >= 0.6 is 0 Å². The van der Waals surface area contributed by atoms with Crippen molar-refractivity contribution >= 4 is 11.9 Å². The van der Waals surface area contributed by atoms with E-state index in [1.54, 1.807) is 32.4 Å². The third kappa shape index (κ3) is 3.52.